The van der Waals surface area contributed by atoms with Crippen molar-refractivity contribution in [2.45, 2.75) is 24.3 Å². The Balaban J connectivity index is 2.30. The summed E-state index contributed by atoms with van der Waals surface area (Å²) in [7, 11) is -3.17. The highest BCUT2D eigenvalue weighted by atomic mass is 32.2. The molecule has 0 bridgehead atoms. The van der Waals surface area contributed by atoms with Gasteiger partial charge < -0.3 is 5.32 Å². The summed E-state index contributed by atoms with van der Waals surface area (Å²) in [6.07, 6.45) is 2.08. The van der Waals surface area contributed by atoms with E-state index in [4.69, 9.17) is 0 Å². The van der Waals surface area contributed by atoms with E-state index in [0.29, 0.717) is 4.90 Å². The molecule has 1 unspecified atom stereocenters. The number of benzene rings is 2. The highest BCUT2D eigenvalue weighted by Crippen LogP contribution is 2.21. The van der Waals surface area contributed by atoms with Crippen LogP contribution in [0.3, 0.4) is 0 Å². The van der Waals surface area contributed by atoms with Crippen LogP contribution in [0.5, 0.6) is 0 Å². The van der Waals surface area contributed by atoms with Crippen molar-refractivity contribution in [1.82, 2.24) is 5.32 Å². The summed E-state index contributed by atoms with van der Waals surface area (Å²) in [6.45, 7) is 2.89. The van der Waals surface area contributed by atoms with Crippen LogP contribution in [-0.4, -0.2) is 21.2 Å². The van der Waals surface area contributed by atoms with Crippen LogP contribution in [0.2, 0.25) is 0 Å². The predicted molar refractivity (Wildman–Crippen MR) is 86.1 cm³/mol. The van der Waals surface area contributed by atoms with E-state index in [1.165, 1.54) is 11.8 Å². The molecule has 3 nitrogen and oxygen atoms in total. The minimum atomic E-state index is -3.17. The van der Waals surface area contributed by atoms with Gasteiger partial charge >= 0.3 is 0 Å². The maximum Gasteiger partial charge on any atom is 0.175 e. The average Bonchev–Trinajstić information content (AvgIpc) is 2.47. The summed E-state index contributed by atoms with van der Waals surface area (Å²) < 4.78 is 23.4. The quantitative estimate of drug-likeness (QED) is 0.892. The first-order valence-electron chi connectivity index (χ1n) is 7.08. The minimum absolute atomic E-state index is 0.110. The van der Waals surface area contributed by atoms with Crippen LogP contribution in [0, 0.1) is 0 Å². The van der Waals surface area contributed by atoms with Gasteiger partial charge in [-0.05, 0) is 36.2 Å². The highest BCUT2D eigenvalue weighted by molar-refractivity contribution is 7.90. The monoisotopic (exact) mass is 303 g/mol. The van der Waals surface area contributed by atoms with E-state index in [2.05, 4.69) is 24.4 Å². The minimum Gasteiger partial charge on any atom is -0.310 e. The molecule has 0 radical (unpaired) electrons. The van der Waals surface area contributed by atoms with Gasteiger partial charge in [-0.25, -0.2) is 8.42 Å². The molecule has 4 heteroatoms. The molecular weight excluding hydrogens is 282 g/mol. The Kier molecular flexibility index (Phi) is 5.15. The summed E-state index contributed by atoms with van der Waals surface area (Å²) in [5.41, 5.74) is 2.23. The molecule has 21 heavy (non-hydrogen) atoms. The summed E-state index contributed by atoms with van der Waals surface area (Å²) in [5.74, 6) is 0. The zero-order valence-electron chi connectivity index (χ0n) is 12.4. The van der Waals surface area contributed by atoms with Crippen LogP contribution < -0.4 is 5.32 Å². The van der Waals surface area contributed by atoms with Crippen molar-refractivity contribution >= 4 is 9.84 Å². The van der Waals surface area contributed by atoms with Crippen molar-refractivity contribution < 1.29 is 8.42 Å². The van der Waals surface area contributed by atoms with E-state index >= 15 is 0 Å². The lowest BCUT2D eigenvalue weighted by Crippen LogP contribution is -2.23. The standard InChI is InChI=1S/C17H21NO2S/c1-3-18-17(12-14-8-5-4-6-9-14)15-10-7-11-16(13-15)21(2,19)20/h4-11,13,17-18H,3,12H2,1-2H3. The van der Waals surface area contributed by atoms with Gasteiger partial charge in [0, 0.05) is 12.3 Å². The zero-order chi connectivity index (χ0) is 15.3. The van der Waals surface area contributed by atoms with Crippen molar-refractivity contribution in [2.75, 3.05) is 12.8 Å². The van der Waals surface area contributed by atoms with Gasteiger partial charge in [0.05, 0.1) is 4.90 Å². The molecule has 1 N–H and O–H groups in total. The first-order valence-corrected chi connectivity index (χ1v) is 8.97. The van der Waals surface area contributed by atoms with Crippen molar-refractivity contribution in [3.8, 4) is 0 Å². The fourth-order valence-corrected chi connectivity index (χ4v) is 3.04. The molecule has 0 aliphatic heterocycles. The van der Waals surface area contributed by atoms with Crippen molar-refractivity contribution in [3.05, 3.63) is 65.7 Å². The molecule has 0 spiro atoms. The van der Waals surface area contributed by atoms with E-state index in [0.717, 1.165) is 18.5 Å². The number of rotatable bonds is 6. The topological polar surface area (TPSA) is 46.2 Å². The van der Waals surface area contributed by atoms with E-state index in [-0.39, 0.29) is 6.04 Å². The van der Waals surface area contributed by atoms with E-state index in [9.17, 15) is 8.42 Å². The summed E-state index contributed by atoms with van der Waals surface area (Å²) in [6, 6.07) is 17.5. The van der Waals surface area contributed by atoms with Crippen molar-refractivity contribution in [1.29, 1.82) is 0 Å². The molecule has 2 aromatic rings. The van der Waals surface area contributed by atoms with Crippen molar-refractivity contribution in [3.63, 3.8) is 0 Å². The SMILES string of the molecule is CCNC(Cc1ccccc1)c1cccc(S(C)(=O)=O)c1. The smallest absolute Gasteiger partial charge is 0.175 e. The fourth-order valence-electron chi connectivity index (χ4n) is 2.37. The summed E-state index contributed by atoms with van der Waals surface area (Å²) in [4.78, 5) is 0.371. The van der Waals surface area contributed by atoms with Gasteiger partial charge in [-0.2, -0.15) is 0 Å². The van der Waals surface area contributed by atoms with Crippen molar-refractivity contribution in [2.24, 2.45) is 0 Å². The lowest BCUT2D eigenvalue weighted by Gasteiger charge is -2.19. The van der Waals surface area contributed by atoms with Crippen LogP contribution in [0.15, 0.2) is 59.5 Å². The van der Waals surface area contributed by atoms with E-state index < -0.39 is 9.84 Å². The molecule has 0 aliphatic carbocycles. The number of likely N-dealkylation sites (N-methyl/N-ethyl adjacent to an activating group) is 1. The molecule has 0 amide bonds. The van der Waals surface area contributed by atoms with E-state index in [1.54, 1.807) is 18.2 Å². The van der Waals surface area contributed by atoms with Gasteiger partial charge in [0.2, 0.25) is 0 Å². The molecule has 1 atom stereocenters. The molecule has 0 fully saturated rings. The summed E-state index contributed by atoms with van der Waals surface area (Å²) in [5, 5.41) is 3.43. The Morgan fingerprint density at radius 1 is 1.05 bits per heavy atom. The second kappa shape index (κ2) is 6.87. The number of hydrogen-bond donors (Lipinski definition) is 1. The Labute approximate surface area is 126 Å². The molecule has 112 valence electrons. The third-order valence-corrected chi connectivity index (χ3v) is 4.53. The molecule has 0 aliphatic rings. The molecule has 0 saturated heterocycles. The first kappa shape index (κ1) is 15.7. The Morgan fingerprint density at radius 3 is 2.38 bits per heavy atom. The van der Waals surface area contributed by atoms with Gasteiger partial charge in [-0.1, -0.05) is 49.4 Å². The van der Waals surface area contributed by atoms with Crippen LogP contribution >= 0.6 is 0 Å². The van der Waals surface area contributed by atoms with Gasteiger partial charge in [0.25, 0.3) is 0 Å². The van der Waals surface area contributed by atoms with Crippen LogP contribution in [0.1, 0.15) is 24.1 Å². The third-order valence-electron chi connectivity index (χ3n) is 3.42. The molecule has 2 rings (SSSR count). The van der Waals surface area contributed by atoms with Crippen LogP contribution in [0.25, 0.3) is 0 Å². The van der Waals surface area contributed by atoms with Gasteiger partial charge in [0.15, 0.2) is 9.84 Å². The Bertz CT molecular complexity index is 681. The van der Waals surface area contributed by atoms with Gasteiger partial charge in [0.1, 0.15) is 0 Å². The lowest BCUT2D eigenvalue weighted by atomic mass is 9.99. The average molecular weight is 303 g/mol. The van der Waals surface area contributed by atoms with Gasteiger partial charge in [-0.15, -0.1) is 0 Å². The molecule has 2 aromatic carbocycles. The van der Waals surface area contributed by atoms with E-state index in [1.807, 2.05) is 24.3 Å². The highest BCUT2D eigenvalue weighted by Gasteiger charge is 2.14. The maximum absolute atomic E-state index is 11.7. The molecule has 0 saturated carbocycles. The molecular formula is C17H21NO2S. The number of sulfone groups is 1. The lowest BCUT2D eigenvalue weighted by molar-refractivity contribution is 0.548. The largest absolute Gasteiger partial charge is 0.310 e. The second-order valence-electron chi connectivity index (χ2n) is 5.14. The molecule has 0 aromatic heterocycles. The normalized spacial score (nSPS) is 13.0. The van der Waals surface area contributed by atoms with Crippen LogP contribution in [-0.2, 0) is 16.3 Å². The van der Waals surface area contributed by atoms with Crippen LogP contribution in [0.4, 0.5) is 0 Å². The molecule has 0 heterocycles. The summed E-state index contributed by atoms with van der Waals surface area (Å²) >= 11 is 0. The zero-order valence-corrected chi connectivity index (χ0v) is 13.2. The number of hydrogen-bond acceptors (Lipinski definition) is 3. The van der Waals surface area contributed by atoms with Gasteiger partial charge in [-0.3, -0.25) is 0 Å². The Hall–Kier alpha value is -1.65. The third kappa shape index (κ3) is 4.41. The Morgan fingerprint density at radius 2 is 1.76 bits per heavy atom. The second-order valence-corrected chi connectivity index (χ2v) is 7.16. The fraction of sp³-hybridized carbons (Fsp3) is 0.294. The maximum atomic E-state index is 11.7. The number of nitrogens with one attached hydrogen (secondary N) is 1. The first-order chi connectivity index (χ1) is 10.0. The predicted octanol–water partition coefficient (Wildman–Crippen LogP) is 2.98.